The number of hydrogen-bond donors (Lipinski definition) is 4. The zero-order valence-corrected chi connectivity index (χ0v) is 8.15. The van der Waals surface area contributed by atoms with E-state index in [2.05, 4.69) is 38.0 Å². The minimum absolute atomic E-state index is 3.45. The molecule has 0 atom stereocenters. The van der Waals surface area contributed by atoms with Crippen LogP contribution in [0.1, 0.15) is 0 Å². The molecule has 0 aliphatic carbocycles. The molecule has 0 rings (SSSR count). The third-order valence-electron chi connectivity index (χ3n) is 0.255. The Morgan fingerprint density at radius 1 is 0.818 bits per heavy atom. The van der Waals surface area contributed by atoms with Gasteiger partial charge in [-0.15, -0.1) is 9.35 Å². The van der Waals surface area contributed by atoms with Crippen molar-refractivity contribution in [2.75, 3.05) is 0 Å². The van der Waals surface area contributed by atoms with Crippen LogP contribution in [0.25, 0.3) is 0 Å². The topological polar surface area (TPSA) is 109 Å². The highest BCUT2D eigenvalue weighted by atomic mass is 32.5. The lowest BCUT2D eigenvalue weighted by Crippen LogP contribution is -1.92. The van der Waals surface area contributed by atoms with Crippen LogP contribution >= 0.6 is 13.4 Å². The molecule has 0 unspecified atom stereocenters. The Bertz CT molecular complexity index is 176. The van der Waals surface area contributed by atoms with Crippen LogP contribution < -0.4 is 0 Å². The van der Waals surface area contributed by atoms with E-state index in [1.807, 2.05) is 0 Å². The zero-order chi connectivity index (χ0) is 9.12. The van der Waals surface area contributed by atoms with Gasteiger partial charge in [-0.25, -0.2) is 0 Å². The highest BCUT2D eigenvalue weighted by Crippen LogP contribution is 2.41. The van der Waals surface area contributed by atoms with Gasteiger partial charge >= 0.3 is 13.4 Å². The Kier molecular flexibility index (Phi) is 4.71. The fourth-order valence-corrected chi connectivity index (χ4v) is 0.509. The molecule has 68 valence electrons. The van der Waals surface area contributed by atoms with E-state index < -0.39 is 13.4 Å². The minimum Gasteiger partial charge on any atom is -0.323 e. The Hall–Kier alpha value is 1.02. The first-order valence-corrected chi connectivity index (χ1v) is 7.12. The van der Waals surface area contributed by atoms with Gasteiger partial charge in [0.15, 0.2) is 0 Å². The molecule has 11 heavy (non-hydrogen) atoms. The summed E-state index contributed by atoms with van der Waals surface area (Å²) in [5.74, 6) is 0. The van der Waals surface area contributed by atoms with E-state index in [0.29, 0.717) is 0 Å². The largest absolute Gasteiger partial charge is 0.353 e. The molecule has 0 bridgehead atoms. The van der Waals surface area contributed by atoms with Crippen LogP contribution in [-0.4, -0.2) is 19.6 Å². The van der Waals surface area contributed by atoms with Crippen molar-refractivity contribution in [3.05, 3.63) is 0 Å². The average Bonchev–Trinajstić information content (AvgIpc) is 1.55. The maximum Gasteiger partial charge on any atom is 0.353 e. The predicted molar refractivity (Wildman–Crippen MR) is 40.7 cm³/mol. The number of rotatable bonds is 4. The lowest BCUT2D eigenvalue weighted by atomic mass is 14.6. The van der Waals surface area contributed by atoms with Crippen LogP contribution in [0.4, 0.5) is 0 Å². The quantitative estimate of drug-likeness (QED) is 0.288. The summed E-state index contributed by atoms with van der Waals surface area (Å²) in [5, 5.41) is 3.45. The molecule has 0 heterocycles. The molecule has 0 saturated carbocycles. The molecule has 0 aromatic heterocycles. The molecule has 0 aromatic carbocycles. The predicted octanol–water partition coefficient (Wildman–Crippen LogP) is -0.716. The Balaban J connectivity index is 3.61. The molecule has 0 saturated heterocycles. The maximum absolute atomic E-state index is 8.28. The Morgan fingerprint density at radius 2 is 1.09 bits per heavy atom. The molecule has 0 spiro atoms. The van der Waals surface area contributed by atoms with Crippen LogP contribution in [0.3, 0.4) is 0 Å². The van der Waals surface area contributed by atoms with Gasteiger partial charge in [0.1, 0.15) is 0 Å². The smallest absolute Gasteiger partial charge is 0.323 e. The van der Waals surface area contributed by atoms with Crippen molar-refractivity contribution in [2.45, 2.75) is 0 Å². The average molecular weight is 242 g/mol. The summed E-state index contributed by atoms with van der Waals surface area (Å²) in [6.45, 7) is -8.03. The standard InChI is InChI=1S/H4O7P2S2/c1-8(2,10)6-5-7-9(3,4)11/h(H2,1,2,10)(H2,3,4,11). The molecular weight excluding hydrogens is 238 g/mol. The normalized spacial score (nSPS) is 13.5. The second-order valence-corrected chi connectivity index (χ2v) is 6.31. The molecule has 4 N–H and O–H groups in total. The van der Waals surface area contributed by atoms with Crippen LogP contribution in [0.5, 0.6) is 0 Å². The van der Waals surface area contributed by atoms with Crippen molar-refractivity contribution < 1.29 is 34.0 Å². The van der Waals surface area contributed by atoms with E-state index in [9.17, 15) is 0 Å². The van der Waals surface area contributed by atoms with Crippen molar-refractivity contribution in [1.29, 1.82) is 0 Å². The maximum atomic E-state index is 8.28. The summed E-state index contributed by atoms with van der Waals surface area (Å²) in [6.07, 6.45) is 0. The monoisotopic (exact) mass is 242 g/mol. The van der Waals surface area contributed by atoms with Gasteiger partial charge in [-0.3, -0.25) is 0 Å². The fourth-order valence-electron chi connectivity index (χ4n) is 0.0929. The minimum atomic E-state index is -4.02. The van der Waals surface area contributed by atoms with Crippen LogP contribution in [0.15, 0.2) is 0 Å². The zero-order valence-electron chi connectivity index (χ0n) is 4.72. The highest BCUT2D eigenvalue weighted by molar-refractivity contribution is 8.07. The van der Waals surface area contributed by atoms with E-state index in [1.54, 1.807) is 0 Å². The lowest BCUT2D eigenvalue weighted by Gasteiger charge is -2.07. The van der Waals surface area contributed by atoms with E-state index >= 15 is 0 Å². The molecule has 11 heteroatoms. The van der Waals surface area contributed by atoms with E-state index in [0.717, 1.165) is 0 Å². The first kappa shape index (κ1) is 12.0. The van der Waals surface area contributed by atoms with Gasteiger partial charge in [-0.05, 0) is 23.6 Å². The molecule has 0 radical (unpaired) electrons. The van der Waals surface area contributed by atoms with Crippen LogP contribution in [0.2, 0.25) is 0 Å². The molecular formula is H4O7P2S2. The summed E-state index contributed by atoms with van der Waals surface area (Å²) < 4.78 is 7.12. The molecule has 7 nitrogen and oxygen atoms in total. The SMILES string of the molecule is OP(O)(=S)OOOP(O)(O)=S. The van der Waals surface area contributed by atoms with Gasteiger partial charge in [0.05, 0.1) is 0 Å². The van der Waals surface area contributed by atoms with Crippen molar-refractivity contribution in [3.63, 3.8) is 0 Å². The third kappa shape index (κ3) is 11.0. The van der Waals surface area contributed by atoms with Crippen molar-refractivity contribution in [3.8, 4) is 0 Å². The van der Waals surface area contributed by atoms with E-state index in [1.165, 1.54) is 0 Å². The lowest BCUT2D eigenvalue weighted by molar-refractivity contribution is -0.419. The first-order chi connectivity index (χ1) is 4.71. The molecule has 0 aliphatic heterocycles. The molecule has 0 fully saturated rings. The summed E-state index contributed by atoms with van der Waals surface area (Å²) in [5.41, 5.74) is 0. The van der Waals surface area contributed by atoms with Gasteiger partial charge in [-0.1, -0.05) is 5.04 Å². The second-order valence-electron chi connectivity index (χ2n) is 1.20. The molecule has 0 aromatic rings. The Labute approximate surface area is 71.5 Å². The first-order valence-electron chi connectivity index (χ1n) is 1.86. The summed E-state index contributed by atoms with van der Waals surface area (Å²) in [6, 6.07) is 0. The van der Waals surface area contributed by atoms with Gasteiger partial charge < -0.3 is 19.6 Å². The van der Waals surface area contributed by atoms with E-state index in [-0.39, 0.29) is 0 Å². The summed E-state index contributed by atoms with van der Waals surface area (Å²) in [4.78, 5) is 33.1. The van der Waals surface area contributed by atoms with Gasteiger partial charge in [0.25, 0.3) is 0 Å². The Morgan fingerprint density at radius 3 is 1.27 bits per heavy atom. The number of hydrogen-bond acceptors (Lipinski definition) is 5. The van der Waals surface area contributed by atoms with Gasteiger partial charge in [0, 0.05) is 0 Å². The van der Waals surface area contributed by atoms with Crippen LogP contribution in [0, 0.1) is 0 Å². The third-order valence-corrected chi connectivity index (χ3v) is 1.13. The van der Waals surface area contributed by atoms with Crippen LogP contribution in [-0.2, 0) is 38.0 Å². The fraction of sp³-hybridized carbons (Fsp3) is 0. The van der Waals surface area contributed by atoms with E-state index in [4.69, 9.17) is 19.6 Å². The molecule has 0 aliphatic rings. The summed E-state index contributed by atoms with van der Waals surface area (Å²) in [7, 11) is 0. The van der Waals surface area contributed by atoms with Crippen molar-refractivity contribution >= 4 is 37.1 Å². The van der Waals surface area contributed by atoms with Gasteiger partial charge in [0.2, 0.25) is 0 Å². The van der Waals surface area contributed by atoms with Crippen molar-refractivity contribution in [1.82, 2.24) is 0 Å². The molecule has 0 amide bonds. The highest BCUT2D eigenvalue weighted by Gasteiger charge is 2.15. The van der Waals surface area contributed by atoms with Crippen molar-refractivity contribution in [2.24, 2.45) is 0 Å². The summed E-state index contributed by atoms with van der Waals surface area (Å²) >= 11 is 7.77. The second kappa shape index (κ2) is 4.31. The van der Waals surface area contributed by atoms with Gasteiger partial charge in [-0.2, -0.15) is 0 Å².